The number of hydrogen-bond donors (Lipinski definition) is 2. The van der Waals surface area contributed by atoms with Crippen molar-refractivity contribution < 1.29 is 21.2 Å². The third-order valence-corrected chi connectivity index (χ3v) is 7.44. The number of sulfonamides is 2. The molecule has 0 spiro atoms. The van der Waals surface area contributed by atoms with E-state index < -0.39 is 25.9 Å². The van der Waals surface area contributed by atoms with E-state index in [1.165, 1.54) is 18.2 Å². The third kappa shape index (κ3) is 4.92. The van der Waals surface area contributed by atoms with Crippen LogP contribution in [0.2, 0.25) is 5.02 Å². The summed E-state index contributed by atoms with van der Waals surface area (Å²) in [5.41, 5.74) is 1.81. The molecule has 0 radical (unpaired) electrons. The lowest BCUT2D eigenvalue weighted by Crippen LogP contribution is -2.16. The summed E-state index contributed by atoms with van der Waals surface area (Å²) in [6.07, 6.45) is 0. The number of benzene rings is 3. The largest absolute Gasteiger partial charge is 0.280 e. The summed E-state index contributed by atoms with van der Waals surface area (Å²) in [6, 6.07) is 13.8. The summed E-state index contributed by atoms with van der Waals surface area (Å²) < 4.78 is 68.9. The second-order valence-corrected chi connectivity index (χ2v) is 10.4. The van der Waals surface area contributed by atoms with E-state index >= 15 is 0 Å². The van der Waals surface area contributed by atoms with Gasteiger partial charge in [-0.3, -0.25) is 9.44 Å². The van der Waals surface area contributed by atoms with Crippen LogP contribution < -0.4 is 9.44 Å². The van der Waals surface area contributed by atoms with Crippen molar-refractivity contribution in [3.05, 3.63) is 82.6 Å². The van der Waals surface area contributed by atoms with Gasteiger partial charge in [0.05, 0.1) is 15.6 Å². The Kier molecular flexibility index (Phi) is 6.07. The van der Waals surface area contributed by atoms with Crippen LogP contribution in [0.15, 0.2) is 70.5 Å². The van der Waals surface area contributed by atoms with Crippen molar-refractivity contribution in [3.8, 4) is 0 Å². The molecule has 3 rings (SSSR count). The fraction of sp³-hybridized carbons (Fsp3) is 0.100. The first-order valence-electron chi connectivity index (χ1n) is 8.66. The summed E-state index contributed by atoms with van der Waals surface area (Å²) in [7, 11) is -8.14. The highest BCUT2D eigenvalue weighted by Crippen LogP contribution is 2.28. The number of halogens is 2. The molecule has 30 heavy (non-hydrogen) atoms. The van der Waals surface area contributed by atoms with E-state index in [1.54, 1.807) is 25.1 Å². The maximum Gasteiger partial charge on any atom is 0.263 e. The Bertz CT molecular complexity index is 1330. The quantitative estimate of drug-likeness (QED) is 0.548. The predicted octanol–water partition coefficient (Wildman–Crippen LogP) is 4.70. The van der Waals surface area contributed by atoms with Crippen molar-refractivity contribution in [3.63, 3.8) is 0 Å². The lowest BCUT2D eigenvalue weighted by molar-refractivity contribution is 0.597. The second kappa shape index (κ2) is 8.25. The first-order chi connectivity index (χ1) is 14.0. The number of aryl methyl sites for hydroxylation is 2. The van der Waals surface area contributed by atoms with Crippen LogP contribution in [0.1, 0.15) is 11.1 Å². The minimum absolute atomic E-state index is 0.0579. The SMILES string of the molecule is Cc1cccc(NS(=O)(=O)c2ccc(C)c(NS(=O)(=O)c3ccc(F)cc3Cl)c2)c1. The van der Waals surface area contributed by atoms with Crippen LogP contribution in [0.5, 0.6) is 0 Å². The van der Waals surface area contributed by atoms with Crippen LogP contribution in [0.25, 0.3) is 0 Å². The van der Waals surface area contributed by atoms with E-state index in [0.29, 0.717) is 11.3 Å². The Labute approximate surface area is 179 Å². The smallest absolute Gasteiger partial charge is 0.263 e. The Morgan fingerprint density at radius 2 is 1.57 bits per heavy atom. The monoisotopic (exact) mass is 468 g/mol. The Hall–Kier alpha value is -2.62. The minimum Gasteiger partial charge on any atom is -0.280 e. The summed E-state index contributed by atoms with van der Waals surface area (Å²) >= 11 is 5.86. The molecule has 0 saturated carbocycles. The first-order valence-corrected chi connectivity index (χ1v) is 12.0. The predicted molar refractivity (Wildman–Crippen MR) is 115 cm³/mol. The Balaban J connectivity index is 1.95. The molecule has 0 bridgehead atoms. The highest BCUT2D eigenvalue weighted by atomic mass is 35.5. The number of hydrogen-bond acceptors (Lipinski definition) is 4. The van der Waals surface area contributed by atoms with Crippen LogP contribution in [-0.4, -0.2) is 16.8 Å². The standard InChI is InChI=1S/C20H18ClFN2O4S2/c1-13-4-3-5-16(10-13)23-29(25,26)17-8-6-14(2)19(12-17)24-30(27,28)20-9-7-15(22)11-18(20)21/h3-12,23-24H,1-2H3. The molecular formula is C20H18ClFN2O4S2. The molecule has 0 atom stereocenters. The van der Waals surface area contributed by atoms with Gasteiger partial charge >= 0.3 is 0 Å². The summed E-state index contributed by atoms with van der Waals surface area (Å²) in [4.78, 5) is -0.450. The fourth-order valence-corrected chi connectivity index (χ4v) is 5.42. The topological polar surface area (TPSA) is 92.3 Å². The van der Waals surface area contributed by atoms with Crippen LogP contribution in [0.4, 0.5) is 15.8 Å². The van der Waals surface area contributed by atoms with Crippen molar-refractivity contribution in [2.45, 2.75) is 23.6 Å². The molecule has 0 unspecified atom stereocenters. The molecule has 0 aliphatic carbocycles. The summed E-state index contributed by atoms with van der Waals surface area (Å²) in [6.45, 7) is 3.45. The molecule has 3 aromatic carbocycles. The fourth-order valence-electron chi connectivity index (χ4n) is 2.69. The van der Waals surface area contributed by atoms with Gasteiger partial charge in [-0.25, -0.2) is 21.2 Å². The first kappa shape index (κ1) is 22.1. The molecule has 2 N–H and O–H groups in total. The summed E-state index contributed by atoms with van der Waals surface area (Å²) in [5.74, 6) is -0.676. The third-order valence-electron chi connectivity index (χ3n) is 4.22. The van der Waals surface area contributed by atoms with Crippen molar-refractivity contribution in [2.24, 2.45) is 0 Å². The molecule has 0 heterocycles. The zero-order chi connectivity index (χ0) is 22.1. The van der Waals surface area contributed by atoms with Crippen molar-refractivity contribution in [1.82, 2.24) is 0 Å². The molecule has 6 nitrogen and oxygen atoms in total. The molecule has 3 aromatic rings. The highest BCUT2D eigenvalue weighted by Gasteiger charge is 2.21. The number of nitrogens with one attached hydrogen (secondary N) is 2. The average molecular weight is 469 g/mol. The van der Waals surface area contributed by atoms with E-state index in [0.717, 1.165) is 23.8 Å². The van der Waals surface area contributed by atoms with Gasteiger partial charge in [-0.15, -0.1) is 0 Å². The zero-order valence-corrected chi connectivity index (χ0v) is 18.4. The van der Waals surface area contributed by atoms with Gasteiger partial charge in [-0.1, -0.05) is 29.8 Å². The molecule has 0 aromatic heterocycles. The maximum atomic E-state index is 13.2. The van der Waals surface area contributed by atoms with E-state index in [2.05, 4.69) is 9.44 Å². The highest BCUT2D eigenvalue weighted by molar-refractivity contribution is 7.93. The van der Waals surface area contributed by atoms with Crippen molar-refractivity contribution >= 4 is 43.0 Å². The number of anilines is 2. The van der Waals surface area contributed by atoms with Gasteiger partial charge in [0.2, 0.25) is 0 Å². The zero-order valence-electron chi connectivity index (χ0n) is 16.0. The van der Waals surface area contributed by atoms with Crippen molar-refractivity contribution in [2.75, 3.05) is 9.44 Å². The molecule has 158 valence electrons. The molecule has 0 aliphatic heterocycles. The van der Waals surface area contributed by atoms with Crippen molar-refractivity contribution in [1.29, 1.82) is 0 Å². The van der Waals surface area contributed by atoms with Gasteiger partial charge in [0.1, 0.15) is 10.7 Å². The van der Waals surface area contributed by atoms with Crippen LogP contribution in [-0.2, 0) is 20.0 Å². The van der Waals surface area contributed by atoms with Crippen LogP contribution in [0, 0.1) is 19.7 Å². The van der Waals surface area contributed by atoms with Gasteiger partial charge < -0.3 is 0 Å². The lowest BCUT2D eigenvalue weighted by Gasteiger charge is -2.14. The van der Waals surface area contributed by atoms with Gasteiger partial charge in [-0.05, 0) is 67.4 Å². The van der Waals surface area contributed by atoms with Gasteiger partial charge in [0.15, 0.2) is 0 Å². The average Bonchev–Trinajstić information content (AvgIpc) is 2.62. The van der Waals surface area contributed by atoms with E-state index in [-0.39, 0.29) is 20.5 Å². The normalized spacial score (nSPS) is 11.9. The lowest BCUT2D eigenvalue weighted by atomic mass is 10.2. The maximum absolute atomic E-state index is 13.2. The van der Waals surface area contributed by atoms with E-state index in [1.807, 2.05) is 13.0 Å². The van der Waals surface area contributed by atoms with Crippen LogP contribution in [0.3, 0.4) is 0 Å². The molecule has 10 heteroatoms. The molecular weight excluding hydrogens is 451 g/mol. The Morgan fingerprint density at radius 1 is 0.833 bits per heavy atom. The second-order valence-electron chi connectivity index (χ2n) is 6.63. The van der Waals surface area contributed by atoms with Gasteiger partial charge in [0.25, 0.3) is 20.0 Å². The molecule has 0 amide bonds. The molecule has 0 fully saturated rings. The van der Waals surface area contributed by atoms with E-state index in [9.17, 15) is 21.2 Å². The Morgan fingerprint density at radius 3 is 2.23 bits per heavy atom. The molecule has 0 aliphatic rings. The minimum atomic E-state index is -4.17. The van der Waals surface area contributed by atoms with Crippen LogP contribution >= 0.6 is 11.6 Å². The number of rotatable bonds is 6. The van der Waals surface area contributed by atoms with Gasteiger partial charge in [-0.2, -0.15) is 0 Å². The molecule has 0 saturated heterocycles. The summed E-state index contributed by atoms with van der Waals surface area (Å²) in [5, 5.41) is -0.287. The van der Waals surface area contributed by atoms with E-state index in [4.69, 9.17) is 11.6 Å². The van der Waals surface area contributed by atoms with Gasteiger partial charge in [0, 0.05) is 5.69 Å².